The summed E-state index contributed by atoms with van der Waals surface area (Å²) in [5, 5.41) is 8.75. The first kappa shape index (κ1) is 18.8. The van der Waals surface area contributed by atoms with E-state index in [1.807, 2.05) is 0 Å². The van der Waals surface area contributed by atoms with E-state index in [1.54, 1.807) is 0 Å². The van der Waals surface area contributed by atoms with Crippen LogP contribution in [0.25, 0.3) is 0 Å². The molecule has 0 aromatic heterocycles. The minimum Gasteiger partial charge on any atom is -0.396 e. The molecule has 3 heteroatoms. The Morgan fingerprint density at radius 2 is 1.82 bits per heavy atom. The largest absolute Gasteiger partial charge is 0.396 e. The van der Waals surface area contributed by atoms with Gasteiger partial charge in [-0.15, -0.1) is 0 Å². The van der Waals surface area contributed by atoms with Crippen LogP contribution in [0.4, 0.5) is 0 Å². The van der Waals surface area contributed by atoms with E-state index >= 15 is 0 Å². The summed E-state index contributed by atoms with van der Waals surface area (Å²) in [6.45, 7) is 4.69. The van der Waals surface area contributed by atoms with E-state index in [2.05, 4.69) is 13.8 Å². The Morgan fingerprint density at radius 1 is 1.27 bits per heavy atom. The van der Waals surface area contributed by atoms with Gasteiger partial charge in [-0.1, -0.05) is 33.1 Å². The van der Waals surface area contributed by atoms with Gasteiger partial charge >= 0.3 is 0 Å². The van der Waals surface area contributed by atoms with Gasteiger partial charge in [0.15, 0.2) is 0 Å². The van der Waals surface area contributed by atoms with Gasteiger partial charge in [0, 0.05) is 70.1 Å². The Kier molecular flexibility index (Phi) is 24.8. The van der Waals surface area contributed by atoms with Crippen LogP contribution in [0.5, 0.6) is 0 Å². The zero-order valence-corrected chi connectivity index (χ0v) is 12.3. The van der Waals surface area contributed by atoms with Crippen molar-refractivity contribution in [1.29, 1.82) is 0 Å². The summed E-state index contributed by atoms with van der Waals surface area (Å²) < 4.78 is 0. The van der Waals surface area contributed by atoms with Gasteiger partial charge < -0.3 is 5.11 Å². The number of aliphatic hydroxyl groups excluding tert-OH is 1. The zero-order valence-electron chi connectivity index (χ0n) is 7.56. The van der Waals surface area contributed by atoms with Crippen molar-refractivity contribution in [3.63, 3.8) is 0 Å². The molecule has 1 nitrogen and oxygen atoms in total. The van der Waals surface area contributed by atoms with E-state index in [0.29, 0.717) is 12.5 Å². The van der Waals surface area contributed by atoms with Gasteiger partial charge in [0.25, 0.3) is 0 Å². The Balaban J connectivity index is -0.000000320. The predicted molar refractivity (Wildman–Crippen MR) is 40.4 cm³/mol. The standard InChI is InChI=1S/C8H18O.Ce.Ti/c1-3-5-6-8(4-2)7-9;;/h8-9H,3-7H2,1-2H3;;. The molecule has 1 N–H and O–H groups in total. The second-order valence-electron chi connectivity index (χ2n) is 2.60. The normalized spacial score (nSPS) is 11.2. The van der Waals surface area contributed by atoms with Crippen LogP contribution < -0.4 is 0 Å². The topological polar surface area (TPSA) is 20.2 Å². The second-order valence-corrected chi connectivity index (χ2v) is 2.60. The number of hydrogen-bond donors (Lipinski definition) is 1. The Hall–Kier alpha value is 2.05. The Morgan fingerprint density at radius 3 is 2.09 bits per heavy atom. The van der Waals surface area contributed by atoms with E-state index in [9.17, 15) is 0 Å². The molecule has 0 fully saturated rings. The van der Waals surface area contributed by atoms with Crippen molar-refractivity contribution in [3.05, 3.63) is 0 Å². The maximum absolute atomic E-state index is 8.75. The fourth-order valence-electron chi connectivity index (χ4n) is 0.917. The quantitative estimate of drug-likeness (QED) is 0.771. The van der Waals surface area contributed by atoms with E-state index in [0.717, 1.165) is 6.42 Å². The molecule has 0 saturated carbocycles. The van der Waals surface area contributed by atoms with Gasteiger partial charge in [-0.3, -0.25) is 0 Å². The van der Waals surface area contributed by atoms with Crippen molar-refractivity contribution in [2.24, 2.45) is 5.92 Å². The fourth-order valence-corrected chi connectivity index (χ4v) is 0.917. The summed E-state index contributed by atoms with van der Waals surface area (Å²) in [6, 6.07) is 0. The molecule has 0 heterocycles. The van der Waals surface area contributed by atoms with E-state index in [4.69, 9.17) is 5.11 Å². The first-order chi connectivity index (χ1) is 4.35. The molecular weight excluding hydrogens is 300 g/mol. The first-order valence-electron chi connectivity index (χ1n) is 3.96. The Labute approximate surface area is 119 Å². The monoisotopic (exact) mass is 318 g/mol. The van der Waals surface area contributed by atoms with Crippen LogP contribution in [0.2, 0.25) is 0 Å². The average molecular weight is 318 g/mol. The van der Waals surface area contributed by atoms with Crippen LogP contribution in [-0.2, 0) is 21.7 Å². The van der Waals surface area contributed by atoms with Crippen molar-refractivity contribution < 1.29 is 68.6 Å². The SMILES string of the molecule is CCCCC(CC)CO.[Ce].[Ti]. The molecule has 0 aromatic carbocycles. The maximum Gasteiger partial charge on any atom is 0.0459 e. The minimum absolute atomic E-state index is 0. The van der Waals surface area contributed by atoms with E-state index < -0.39 is 0 Å². The number of aliphatic hydroxyl groups is 1. The van der Waals surface area contributed by atoms with Crippen molar-refractivity contribution in [2.45, 2.75) is 39.5 Å². The second kappa shape index (κ2) is 14.6. The van der Waals surface area contributed by atoms with Crippen LogP contribution >= 0.6 is 0 Å². The zero-order chi connectivity index (χ0) is 7.11. The molecule has 64 valence electrons. The molecule has 0 amide bonds. The Bertz CT molecular complexity index is 58.1. The summed E-state index contributed by atoms with van der Waals surface area (Å²) in [7, 11) is 0. The molecule has 0 aliphatic carbocycles. The molecule has 0 aromatic rings. The molecular formula is C8H18CeOTi. The van der Waals surface area contributed by atoms with Crippen molar-refractivity contribution in [2.75, 3.05) is 6.61 Å². The van der Waals surface area contributed by atoms with Gasteiger partial charge in [-0.05, 0) is 12.3 Å². The first-order valence-corrected chi connectivity index (χ1v) is 3.96. The van der Waals surface area contributed by atoms with Crippen molar-refractivity contribution >= 4 is 0 Å². The summed E-state index contributed by atoms with van der Waals surface area (Å²) >= 11 is 0. The third kappa shape index (κ3) is 12.1. The number of unbranched alkanes of at least 4 members (excludes halogenated alkanes) is 1. The third-order valence-corrected chi connectivity index (χ3v) is 1.80. The molecule has 0 radical (unpaired) electrons. The molecule has 0 aliphatic heterocycles. The van der Waals surface area contributed by atoms with Gasteiger partial charge in [-0.2, -0.15) is 0 Å². The summed E-state index contributed by atoms with van der Waals surface area (Å²) in [5.74, 6) is 0.560. The minimum atomic E-state index is 0. The van der Waals surface area contributed by atoms with Crippen molar-refractivity contribution in [3.8, 4) is 0 Å². The smallest absolute Gasteiger partial charge is 0.0459 e. The van der Waals surface area contributed by atoms with Crippen LogP contribution in [0.1, 0.15) is 39.5 Å². The molecule has 1 atom stereocenters. The van der Waals surface area contributed by atoms with E-state index in [-0.39, 0.29) is 63.5 Å². The van der Waals surface area contributed by atoms with Crippen LogP contribution in [0.3, 0.4) is 0 Å². The average Bonchev–Trinajstić information content (AvgIpc) is 1.91. The van der Waals surface area contributed by atoms with Gasteiger partial charge in [0.2, 0.25) is 0 Å². The molecule has 11 heavy (non-hydrogen) atoms. The van der Waals surface area contributed by atoms with E-state index in [1.165, 1.54) is 19.3 Å². The summed E-state index contributed by atoms with van der Waals surface area (Å²) in [6.07, 6.45) is 4.83. The number of rotatable bonds is 5. The van der Waals surface area contributed by atoms with Gasteiger partial charge in [-0.25, -0.2) is 0 Å². The molecule has 0 rings (SSSR count). The predicted octanol–water partition coefficient (Wildman–Crippen LogP) is 2.19. The van der Waals surface area contributed by atoms with Crippen LogP contribution in [0, 0.1) is 47.7 Å². The molecule has 0 spiro atoms. The molecule has 0 saturated heterocycles. The number of hydrogen-bond acceptors (Lipinski definition) is 1. The third-order valence-electron chi connectivity index (χ3n) is 1.80. The molecule has 1 unspecified atom stereocenters. The van der Waals surface area contributed by atoms with Crippen molar-refractivity contribution in [1.82, 2.24) is 0 Å². The van der Waals surface area contributed by atoms with Gasteiger partial charge in [0.1, 0.15) is 0 Å². The molecule has 0 aliphatic rings. The fraction of sp³-hybridized carbons (Fsp3) is 1.00. The maximum atomic E-state index is 8.75. The van der Waals surface area contributed by atoms with Gasteiger partial charge in [0.05, 0.1) is 0 Å². The van der Waals surface area contributed by atoms with Crippen LogP contribution in [-0.4, -0.2) is 11.7 Å². The van der Waals surface area contributed by atoms with Crippen LogP contribution in [0.15, 0.2) is 0 Å². The summed E-state index contributed by atoms with van der Waals surface area (Å²) in [4.78, 5) is 0. The summed E-state index contributed by atoms with van der Waals surface area (Å²) in [5.41, 5.74) is 0. The molecule has 0 bridgehead atoms.